The molecular formula is C20H22N2O3S. The fraction of sp³-hybridized carbons (Fsp3) is 0.250. The van der Waals surface area contributed by atoms with Crippen LogP contribution in [0.1, 0.15) is 25.5 Å². The lowest BCUT2D eigenvalue weighted by molar-refractivity contribution is 0.302. The number of fused-ring (bicyclic) bond motifs is 1. The molecule has 26 heavy (non-hydrogen) atoms. The van der Waals surface area contributed by atoms with Crippen LogP contribution in [0.25, 0.3) is 10.9 Å². The van der Waals surface area contributed by atoms with Crippen LogP contribution in [0, 0.1) is 0 Å². The van der Waals surface area contributed by atoms with Crippen molar-refractivity contribution in [2.45, 2.75) is 26.4 Å². The summed E-state index contributed by atoms with van der Waals surface area (Å²) in [5.41, 5.74) is 2.24. The van der Waals surface area contributed by atoms with Crippen LogP contribution in [0.3, 0.4) is 0 Å². The van der Waals surface area contributed by atoms with Gasteiger partial charge in [0, 0.05) is 11.5 Å². The van der Waals surface area contributed by atoms with Crippen LogP contribution < -0.4 is 9.46 Å². The van der Waals surface area contributed by atoms with Gasteiger partial charge in [0.05, 0.1) is 22.7 Å². The van der Waals surface area contributed by atoms with Gasteiger partial charge >= 0.3 is 0 Å². The normalized spacial score (nSPS) is 11.4. The molecule has 0 amide bonds. The quantitative estimate of drug-likeness (QED) is 0.640. The standard InChI is InChI=1S/C20H22N2O3S/c1-2-3-13-26(23,24)22-17-8-6-9-19(14-17)25-15-18-12-11-16-7-4-5-10-20(16)21-18/h4-12,14,22H,2-3,13,15H2,1H3. The average molecular weight is 370 g/mol. The molecule has 0 atom stereocenters. The smallest absolute Gasteiger partial charge is 0.232 e. The Kier molecular flexibility index (Phi) is 5.73. The molecule has 0 radical (unpaired) electrons. The minimum atomic E-state index is -3.32. The van der Waals surface area contributed by atoms with E-state index in [1.165, 1.54) is 0 Å². The van der Waals surface area contributed by atoms with Gasteiger partial charge in [-0.15, -0.1) is 0 Å². The predicted octanol–water partition coefficient (Wildman–Crippen LogP) is 4.36. The second-order valence-electron chi connectivity index (χ2n) is 6.09. The molecule has 3 rings (SSSR count). The van der Waals surface area contributed by atoms with Crippen LogP contribution in [0.5, 0.6) is 5.75 Å². The molecular weight excluding hydrogens is 348 g/mol. The van der Waals surface area contributed by atoms with Gasteiger partial charge in [-0.3, -0.25) is 4.72 Å². The summed E-state index contributed by atoms with van der Waals surface area (Å²) in [6.45, 7) is 2.28. The van der Waals surface area contributed by atoms with E-state index in [0.717, 1.165) is 23.0 Å². The van der Waals surface area contributed by atoms with E-state index in [9.17, 15) is 8.42 Å². The Balaban J connectivity index is 1.66. The van der Waals surface area contributed by atoms with Crippen LogP contribution in [-0.2, 0) is 16.6 Å². The summed E-state index contributed by atoms with van der Waals surface area (Å²) < 4.78 is 32.4. The molecule has 5 nitrogen and oxygen atoms in total. The number of anilines is 1. The Morgan fingerprint density at radius 3 is 2.73 bits per heavy atom. The van der Waals surface area contributed by atoms with Crippen LogP contribution in [0.15, 0.2) is 60.7 Å². The molecule has 136 valence electrons. The lowest BCUT2D eigenvalue weighted by atomic mass is 10.2. The minimum absolute atomic E-state index is 0.121. The highest BCUT2D eigenvalue weighted by molar-refractivity contribution is 7.92. The van der Waals surface area contributed by atoms with Gasteiger partial charge in [-0.1, -0.05) is 43.7 Å². The monoisotopic (exact) mass is 370 g/mol. The summed E-state index contributed by atoms with van der Waals surface area (Å²) in [5.74, 6) is 0.714. The summed E-state index contributed by atoms with van der Waals surface area (Å²) in [5, 5.41) is 1.08. The van der Waals surface area contributed by atoms with Gasteiger partial charge in [0.25, 0.3) is 0 Å². The molecule has 2 aromatic carbocycles. The van der Waals surface area contributed by atoms with Crippen molar-refractivity contribution < 1.29 is 13.2 Å². The minimum Gasteiger partial charge on any atom is -0.487 e. The van der Waals surface area contributed by atoms with Crippen molar-refractivity contribution in [3.63, 3.8) is 0 Å². The van der Waals surface area contributed by atoms with Gasteiger partial charge in [0.1, 0.15) is 12.4 Å². The van der Waals surface area contributed by atoms with Crippen molar-refractivity contribution in [3.8, 4) is 5.75 Å². The summed E-state index contributed by atoms with van der Waals surface area (Å²) >= 11 is 0. The van der Waals surface area contributed by atoms with Crippen LogP contribution in [-0.4, -0.2) is 19.2 Å². The largest absolute Gasteiger partial charge is 0.487 e. The molecule has 1 aromatic heterocycles. The van der Waals surface area contributed by atoms with E-state index in [1.54, 1.807) is 24.3 Å². The number of unbranched alkanes of at least 4 members (excludes halogenated alkanes) is 1. The maximum atomic E-state index is 12.0. The van der Waals surface area contributed by atoms with Crippen molar-refractivity contribution in [1.82, 2.24) is 4.98 Å². The third-order valence-corrected chi connectivity index (χ3v) is 5.29. The van der Waals surface area contributed by atoms with Gasteiger partial charge in [-0.2, -0.15) is 0 Å². The third-order valence-electron chi connectivity index (χ3n) is 3.92. The Morgan fingerprint density at radius 2 is 1.88 bits per heavy atom. The van der Waals surface area contributed by atoms with Gasteiger partial charge in [0.2, 0.25) is 10.0 Å². The maximum absolute atomic E-state index is 12.0. The number of pyridine rings is 1. The molecule has 0 fully saturated rings. The van der Waals surface area contributed by atoms with E-state index in [0.29, 0.717) is 24.5 Å². The molecule has 0 aliphatic rings. The highest BCUT2D eigenvalue weighted by Crippen LogP contribution is 2.20. The van der Waals surface area contributed by atoms with Crippen LogP contribution in [0.4, 0.5) is 5.69 Å². The number of hydrogen-bond acceptors (Lipinski definition) is 4. The summed E-state index contributed by atoms with van der Waals surface area (Å²) in [6.07, 6.45) is 1.47. The predicted molar refractivity (Wildman–Crippen MR) is 105 cm³/mol. The number of sulfonamides is 1. The Bertz CT molecular complexity index is 987. The molecule has 1 heterocycles. The van der Waals surface area contributed by atoms with Crippen molar-refractivity contribution >= 4 is 26.6 Å². The number of nitrogens with zero attached hydrogens (tertiary/aromatic N) is 1. The Hall–Kier alpha value is -2.60. The number of hydrogen-bond donors (Lipinski definition) is 1. The Morgan fingerprint density at radius 1 is 1.04 bits per heavy atom. The van der Waals surface area contributed by atoms with E-state index >= 15 is 0 Å². The third kappa shape index (κ3) is 4.95. The van der Waals surface area contributed by atoms with E-state index in [4.69, 9.17) is 4.74 Å². The second-order valence-corrected chi connectivity index (χ2v) is 7.93. The van der Waals surface area contributed by atoms with Crippen molar-refractivity contribution in [2.75, 3.05) is 10.5 Å². The fourth-order valence-corrected chi connectivity index (χ4v) is 3.82. The lowest BCUT2D eigenvalue weighted by Gasteiger charge is -2.10. The second kappa shape index (κ2) is 8.19. The summed E-state index contributed by atoms with van der Waals surface area (Å²) in [7, 11) is -3.32. The van der Waals surface area contributed by atoms with E-state index in [1.807, 2.05) is 43.3 Å². The van der Waals surface area contributed by atoms with Crippen molar-refractivity contribution in [3.05, 3.63) is 66.4 Å². The fourth-order valence-electron chi connectivity index (χ4n) is 2.56. The van der Waals surface area contributed by atoms with Crippen molar-refractivity contribution in [2.24, 2.45) is 0 Å². The van der Waals surface area contributed by atoms with E-state index < -0.39 is 10.0 Å². The van der Waals surface area contributed by atoms with E-state index in [-0.39, 0.29) is 5.75 Å². The zero-order chi connectivity index (χ0) is 18.4. The topological polar surface area (TPSA) is 68.3 Å². The molecule has 3 aromatic rings. The molecule has 0 unspecified atom stereocenters. The number of benzene rings is 2. The average Bonchev–Trinajstić information content (AvgIpc) is 2.64. The van der Waals surface area contributed by atoms with Gasteiger partial charge < -0.3 is 4.74 Å². The summed E-state index contributed by atoms with van der Waals surface area (Å²) in [6, 6.07) is 18.8. The first-order chi connectivity index (χ1) is 12.6. The van der Waals surface area contributed by atoms with Crippen LogP contribution in [0.2, 0.25) is 0 Å². The molecule has 0 saturated heterocycles. The Labute approximate surface area is 154 Å². The number of nitrogens with one attached hydrogen (secondary N) is 1. The zero-order valence-corrected chi connectivity index (χ0v) is 15.5. The SMILES string of the molecule is CCCCS(=O)(=O)Nc1cccc(OCc2ccc3ccccc3n2)c1. The molecule has 0 saturated carbocycles. The van der Waals surface area contributed by atoms with Gasteiger partial charge in [0.15, 0.2) is 0 Å². The number of para-hydroxylation sites is 1. The van der Waals surface area contributed by atoms with Crippen LogP contribution >= 0.6 is 0 Å². The molecule has 0 aliphatic carbocycles. The number of ether oxygens (including phenoxy) is 1. The lowest BCUT2D eigenvalue weighted by Crippen LogP contribution is -2.16. The molecule has 6 heteroatoms. The van der Waals surface area contributed by atoms with E-state index in [2.05, 4.69) is 9.71 Å². The zero-order valence-electron chi connectivity index (χ0n) is 14.7. The first kappa shape index (κ1) is 18.2. The highest BCUT2D eigenvalue weighted by atomic mass is 32.2. The number of rotatable bonds is 8. The number of aromatic nitrogens is 1. The summed E-state index contributed by atoms with van der Waals surface area (Å²) in [4.78, 5) is 4.57. The molecule has 0 spiro atoms. The molecule has 0 bridgehead atoms. The highest BCUT2D eigenvalue weighted by Gasteiger charge is 2.10. The van der Waals surface area contributed by atoms with Crippen molar-refractivity contribution in [1.29, 1.82) is 0 Å². The molecule has 0 aliphatic heterocycles. The first-order valence-electron chi connectivity index (χ1n) is 8.64. The first-order valence-corrected chi connectivity index (χ1v) is 10.3. The molecule has 1 N–H and O–H groups in total. The maximum Gasteiger partial charge on any atom is 0.232 e. The van der Waals surface area contributed by atoms with Gasteiger partial charge in [-0.05, 0) is 30.7 Å². The van der Waals surface area contributed by atoms with Gasteiger partial charge in [-0.25, -0.2) is 13.4 Å².